The van der Waals surface area contributed by atoms with Crippen molar-refractivity contribution in [3.05, 3.63) is 200 Å². The van der Waals surface area contributed by atoms with Gasteiger partial charge < -0.3 is 0 Å². The third-order valence-corrected chi connectivity index (χ3v) is 15.9. The summed E-state index contributed by atoms with van der Waals surface area (Å²) in [7, 11) is -2.47. The predicted octanol–water partition coefficient (Wildman–Crippen LogP) is 11.9. The van der Waals surface area contributed by atoms with Crippen LogP contribution in [0.1, 0.15) is 0 Å². The molecule has 0 fully saturated rings. The molecule has 0 bridgehead atoms. The summed E-state index contributed by atoms with van der Waals surface area (Å²) in [6, 6.07) is 74.7. The molecule has 0 nitrogen and oxygen atoms in total. The maximum absolute atomic E-state index is 2.54. The van der Waals surface area contributed by atoms with Crippen LogP contribution in [0.3, 0.4) is 0 Å². The maximum Gasteiger partial charge on any atom is 0.146 e. The van der Waals surface area contributed by atoms with E-state index in [4.69, 9.17) is 0 Å². The molecule has 1 heteroatoms. The van der Waals surface area contributed by atoms with Crippen molar-refractivity contribution < 1.29 is 0 Å². The Labute approximate surface area is 305 Å². The molecule has 0 saturated carbocycles. The van der Waals surface area contributed by atoms with E-state index in [1.54, 1.807) is 0 Å². The van der Waals surface area contributed by atoms with E-state index in [1.165, 1.54) is 91.7 Å². The van der Waals surface area contributed by atoms with Crippen molar-refractivity contribution in [2.75, 3.05) is 0 Å². The molecule has 0 spiro atoms. The molecule has 0 saturated heterocycles. The van der Waals surface area contributed by atoms with Gasteiger partial charge in [-0.05, 0) is 91.7 Å². The molecule has 0 aliphatic rings. The normalized spacial score (nSPS) is 12.9. The summed E-state index contributed by atoms with van der Waals surface area (Å²) >= 11 is 0. The zero-order valence-corrected chi connectivity index (χ0v) is 30.1. The molecule has 0 N–H and O–H groups in total. The van der Waals surface area contributed by atoms with E-state index in [0.717, 1.165) is 0 Å². The van der Waals surface area contributed by atoms with Crippen molar-refractivity contribution in [3.63, 3.8) is 0 Å². The Balaban J connectivity index is 1.28. The standard InChI is InChI=1S/C51H36Si/c1-52(38-20-3-2-4-21-38,39-33-32-35-16-5-6-18-37(35)34-39)49-31-15-27-41-42(49)28-14-30-44(41)51-47-25-11-9-23-45(47)50(46-24-10-12-26-48(46)51)43-29-13-19-36-17-7-8-22-40(36)43/h2-34H,1H3. The van der Waals surface area contributed by atoms with Crippen molar-refractivity contribution >= 4 is 77.5 Å². The largest absolute Gasteiger partial charge is 0.146 e. The Bertz CT molecular complexity index is 2910. The fraction of sp³-hybridized carbons (Fsp3) is 0.0196. The Morgan fingerprint density at radius 3 is 1.42 bits per heavy atom. The summed E-state index contributed by atoms with van der Waals surface area (Å²) in [4.78, 5) is 0. The third kappa shape index (κ3) is 4.67. The summed E-state index contributed by atoms with van der Waals surface area (Å²) in [5.74, 6) is 0. The molecule has 0 aliphatic heterocycles. The minimum absolute atomic E-state index is 1.26. The first-order chi connectivity index (χ1) is 25.7. The quantitative estimate of drug-likeness (QED) is 0.0967. The van der Waals surface area contributed by atoms with Gasteiger partial charge in [-0.1, -0.05) is 207 Å². The third-order valence-electron chi connectivity index (χ3n) is 11.4. The number of hydrogen-bond donors (Lipinski definition) is 0. The highest BCUT2D eigenvalue weighted by molar-refractivity contribution is 7.11. The zero-order valence-electron chi connectivity index (χ0n) is 29.1. The fourth-order valence-corrected chi connectivity index (χ4v) is 12.7. The fourth-order valence-electron chi connectivity index (χ4n) is 8.87. The van der Waals surface area contributed by atoms with Gasteiger partial charge in [0.2, 0.25) is 0 Å². The van der Waals surface area contributed by atoms with E-state index >= 15 is 0 Å². The lowest BCUT2D eigenvalue weighted by atomic mass is 9.84. The lowest BCUT2D eigenvalue weighted by Gasteiger charge is -2.31. The Hall–Kier alpha value is -6.28. The molecule has 244 valence electrons. The first kappa shape index (κ1) is 30.5. The van der Waals surface area contributed by atoms with E-state index in [-0.39, 0.29) is 0 Å². The van der Waals surface area contributed by atoms with E-state index in [2.05, 4.69) is 207 Å². The first-order valence-corrected chi connectivity index (χ1v) is 20.7. The van der Waals surface area contributed by atoms with Crippen LogP contribution < -0.4 is 15.6 Å². The van der Waals surface area contributed by atoms with Crippen LogP contribution in [0, 0.1) is 0 Å². The molecule has 0 amide bonds. The Morgan fingerprint density at radius 1 is 0.288 bits per heavy atom. The minimum atomic E-state index is -2.47. The van der Waals surface area contributed by atoms with Gasteiger partial charge >= 0.3 is 0 Å². The highest BCUT2D eigenvalue weighted by atomic mass is 28.3. The van der Waals surface area contributed by atoms with Crippen LogP contribution in [0.2, 0.25) is 6.55 Å². The lowest BCUT2D eigenvalue weighted by molar-refractivity contribution is 1.68. The van der Waals surface area contributed by atoms with Crippen LogP contribution in [-0.4, -0.2) is 8.07 Å². The van der Waals surface area contributed by atoms with Gasteiger partial charge in [-0.2, -0.15) is 0 Å². The summed E-state index contributed by atoms with van der Waals surface area (Å²) in [5.41, 5.74) is 5.15. The van der Waals surface area contributed by atoms with Gasteiger partial charge in [0.25, 0.3) is 0 Å². The lowest BCUT2D eigenvalue weighted by Crippen LogP contribution is -2.64. The van der Waals surface area contributed by atoms with Crippen molar-refractivity contribution in [3.8, 4) is 22.3 Å². The van der Waals surface area contributed by atoms with Crippen LogP contribution in [0.25, 0.3) is 76.1 Å². The minimum Gasteiger partial charge on any atom is -0.0624 e. The molecular weight excluding hydrogens is 641 g/mol. The number of fused-ring (bicyclic) bond motifs is 5. The summed E-state index contributed by atoms with van der Waals surface area (Å²) < 4.78 is 0. The predicted molar refractivity (Wildman–Crippen MR) is 228 cm³/mol. The van der Waals surface area contributed by atoms with Crippen LogP contribution >= 0.6 is 0 Å². The van der Waals surface area contributed by atoms with E-state index in [1.807, 2.05) is 0 Å². The van der Waals surface area contributed by atoms with Gasteiger partial charge in [0.1, 0.15) is 8.07 Å². The maximum atomic E-state index is 2.54. The van der Waals surface area contributed by atoms with E-state index in [9.17, 15) is 0 Å². The summed E-state index contributed by atoms with van der Waals surface area (Å²) in [6.45, 7) is 2.54. The smallest absolute Gasteiger partial charge is 0.0624 e. The molecule has 0 aliphatic carbocycles. The molecule has 10 aromatic rings. The molecule has 1 unspecified atom stereocenters. The zero-order chi connectivity index (χ0) is 34.6. The molecule has 10 aromatic carbocycles. The highest BCUT2D eigenvalue weighted by Gasteiger charge is 2.36. The van der Waals surface area contributed by atoms with Crippen molar-refractivity contribution in [2.45, 2.75) is 6.55 Å². The average Bonchev–Trinajstić information content (AvgIpc) is 3.22. The van der Waals surface area contributed by atoms with E-state index in [0.29, 0.717) is 0 Å². The van der Waals surface area contributed by atoms with Crippen LogP contribution in [0.4, 0.5) is 0 Å². The second-order valence-electron chi connectivity index (χ2n) is 14.1. The van der Waals surface area contributed by atoms with Gasteiger partial charge in [-0.15, -0.1) is 0 Å². The number of benzene rings is 10. The van der Waals surface area contributed by atoms with Gasteiger partial charge in [0.05, 0.1) is 0 Å². The second kappa shape index (κ2) is 12.2. The van der Waals surface area contributed by atoms with Gasteiger partial charge in [0.15, 0.2) is 0 Å². The summed E-state index contributed by atoms with van der Waals surface area (Å²) in [6.07, 6.45) is 0. The summed E-state index contributed by atoms with van der Waals surface area (Å²) in [5, 5.41) is 17.1. The number of rotatable bonds is 5. The Kier molecular flexibility index (Phi) is 7.16. The van der Waals surface area contributed by atoms with Gasteiger partial charge in [0, 0.05) is 0 Å². The molecule has 0 aromatic heterocycles. The SMILES string of the molecule is C[Si](c1ccccc1)(c1ccc2ccccc2c1)c1cccc2c(-c3c4ccccc4c(-c4cccc5ccccc45)c4ccccc34)cccc12. The topological polar surface area (TPSA) is 0 Å². The average molecular weight is 677 g/mol. The van der Waals surface area contributed by atoms with Crippen molar-refractivity contribution in [2.24, 2.45) is 0 Å². The molecule has 1 atom stereocenters. The Morgan fingerprint density at radius 2 is 0.750 bits per heavy atom. The first-order valence-electron chi connectivity index (χ1n) is 18.2. The molecular formula is C51H36Si. The highest BCUT2D eigenvalue weighted by Crippen LogP contribution is 2.46. The second-order valence-corrected chi connectivity index (χ2v) is 18.1. The monoisotopic (exact) mass is 676 g/mol. The molecule has 52 heavy (non-hydrogen) atoms. The van der Waals surface area contributed by atoms with Crippen molar-refractivity contribution in [1.82, 2.24) is 0 Å². The number of hydrogen-bond acceptors (Lipinski definition) is 0. The van der Waals surface area contributed by atoms with E-state index < -0.39 is 8.07 Å². The molecule has 10 rings (SSSR count). The molecule has 0 heterocycles. The van der Waals surface area contributed by atoms with Gasteiger partial charge in [-0.3, -0.25) is 0 Å². The van der Waals surface area contributed by atoms with Gasteiger partial charge in [-0.25, -0.2) is 0 Å². The van der Waals surface area contributed by atoms with Crippen molar-refractivity contribution in [1.29, 1.82) is 0 Å². The molecule has 0 radical (unpaired) electrons. The van der Waals surface area contributed by atoms with Crippen LogP contribution in [0.5, 0.6) is 0 Å². The van der Waals surface area contributed by atoms with Crippen LogP contribution in [-0.2, 0) is 0 Å². The van der Waals surface area contributed by atoms with Crippen LogP contribution in [0.15, 0.2) is 200 Å².